The second kappa shape index (κ2) is 4.81. The van der Waals surface area contributed by atoms with Gasteiger partial charge in [0.25, 0.3) is 0 Å². The summed E-state index contributed by atoms with van der Waals surface area (Å²) >= 11 is 0. The monoisotopic (exact) mass is 217 g/mol. The van der Waals surface area contributed by atoms with Gasteiger partial charge in [-0.2, -0.15) is 0 Å². The zero-order valence-electron chi connectivity index (χ0n) is 9.18. The number of nitrogens with zero attached hydrogens (tertiary/aromatic N) is 1. The Balaban J connectivity index is 2.08. The number of ether oxygens (including phenoxy) is 1. The molecule has 4 heteroatoms. The number of imidazole rings is 1. The minimum Gasteiger partial charge on any atom is -0.497 e. The summed E-state index contributed by atoms with van der Waals surface area (Å²) in [6.07, 6.45) is 4.23. The van der Waals surface area contributed by atoms with Gasteiger partial charge in [-0.1, -0.05) is 12.1 Å². The van der Waals surface area contributed by atoms with E-state index in [4.69, 9.17) is 10.5 Å². The molecule has 4 nitrogen and oxygen atoms in total. The van der Waals surface area contributed by atoms with Crippen molar-refractivity contribution in [3.05, 3.63) is 48.0 Å². The summed E-state index contributed by atoms with van der Waals surface area (Å²) in [5.41, 5.74) is 7.17. The highest BCUT2D eigenvalue weighted by atomic mass is 16.5. The molecule has 1 atom stereocenters. The lowest BCUT2D eigenvalue weighted by Crippen LogP contribution is -2.14. The van der Waals surface area contributed by atoms with Gasteiger partial charge in [-0.05, 0) is 24.1 Å². The van der Waals surface area contributed by atoms with Gasteiger partial charge in [0.05, 0.1) is 13.2 Å². The third-order valence-electron chi connectivity index (χ3n) is 2.46. The largest absolute Gasteiger partial charge is 0.497 e. The van der Waals surface area contributed by atoms with Crippen molar-refractivity contribution in [2.75, 3.05) is 7.11 Å². The molecule has 0 aliphatic carbocycles. The fraction of sp³-hybridized carbons (Fsp3) is 0.250. The molecule has 1 aromatic carbocycles. The number of hydrogen-bond acceptors (Lipinski definition) is 3. The van der Waals surface area contributed by atoms with Crippen molar-refractivity contribution in [1.29, 1.82) is 0 Å². The molecule has 0 amide bonds. The summed E-state index contributed by atoms with van der Waals surface area (Å²) in [6.45, 7) is 0. The van der Waals surface area contributed by atoms with E-state index >= 15 is 0 Å². The van der Waals surface area contributed by atoms with Crippen LogP contribution in [0.3, 0.4) is 0 Å². The lowest BCUT2D eigenvalue weighted by atomic mass is 10.1. The number of aromatic amines is 1. The highest BCUT2D eigenvalue weighted by Gasteiger charge is 2.09. The van der Waals surface area contributed by atoms with E-state index in [2.05, 4.69) is 9.97 Å². The number of nitrogens with one attached hydrogen (secondary N) is 1. The van der Waals surface area contributed by atoms with Crippen LogP contribution in [0.25, 0.3) is 0 Å². The molecule has 1 aromatic heterocycles. The molecule has 84 valence electrons. The molecule has 0 aliphatic rings. The van der Waals surface area contributed by atoms with Crippen molar-refractivity contribution < 1.29 is 4.74 Å². The van der Waals surface area contributed by atoms with E-state index < -0.39 is 0 Å². The van der Waals surface area contributed by atoms with Crippen LogP contribution in [0.5, 0.6) is 5.75 Å². The van der Waals surface area contributed by atoms with Crippen LogP contribution < -0.4 is 10.5 Å². The van der Waals surface area contributed by atoms with Crippen LogP contribution in [0.1, 0.15) is 17.4 Å². The van der Waals surface area contributed by atoms with E-state index in [1.165, 1.54) is 0 Å². The second-order valence-corrected chi connectivity index (χ2v) is 3.64. The van der Waals surface area contributed by atoms with Gasteiger partial charge in [0, 0.05) is 12.4 Å². The summed E-state index contributed by atoms with van der Waals surface area (Å²) in [5, 5.41) is 0. The Labute approximate surface area is 94.5 Å². The van der Waals surface area contributed by atoms with Gasteiger partial charge in [-0.3, -0.25) is 0 Å². The summed E-state index contributed by atoms with van der Waals surface area (Å²) in [5.74, 6) is 1.66. The van der Waals surface area contributed by atoms with Gasteiger partial charge in [-0.25, -0.2) is 4.98 Å². The van der Waals surface area contributed by atoms with Crippen LogP contribution in [0.4, 0.5) is 0 Å². The van der Waals surface area contributed by atoms with Gasteiger partial charge in [0.1, 0.15) is 11.6 Å². The Bertz CT molecular complexity index is 439. The molecule has 16 heavy (non-hydrogen) atoms. The Morgan fingerprint density at radius 3 is 3.06 bits per heavy atom. The topological polar surface area (TPSA) is 63.9 Å². The molecule has 0 saturated heterocycles. The van der Waals surface area contributed by atoms with Crippen molar-refractivity contribution in [3.8, 4) is 5.75 Å². The Kier molecular flexibility index (Phi) is 3.22. The first-order chi connectivity index (χ1) is 7.79. The van der Waals surface area contributed by atoms with Crippen molar-refractivity contribution in [2.45, 2.75) is 12.5 Å². The van der Waals surface area contributed by atoms with E-state index in [1.807, 2.05) is 24.3 Å². The molecule has 0 spiro atoms. The lowest BCUT2D eigenvalue weighted by Gasteiger charge is -2.09. The van der Waals surface area contributed by atoms with E-state index in [1.54, 1.807) is 19.5 Å². The van der Waals surface area contributed by atoms with Gasteiger partial charge in [-0.15, -0.1) is 0 Å². The van der Waals surface area contributed by atoms with E-state index in [-0.39, 0.29) is 6.04 Å². The SMILES string of the molecule is COc1cccc(CC(N)c2ncc[nH]2)c1. The summed E-state index contributed by atoms with van der Waals surface area (Å²) in [6, 6.07) is 7.79. The van der Waals surface area contributed by atoms with Gasteiger partial charge >= 0.3 is 0 Å². The Morgan fingerprint density at radius 2 is 2.38 bits per heavy atom. The van der Waals surface area contributed by atoms with E-state index in [0.29, 0.717) is 0 Å². The number of aromatic nitrogens is 2. The van der Waals surface area contributed by atoms with Crippen molar-refractivity contribution >= 4 is 0 Å². The second-order valence-electron chi connectivity index (χ2n) is 3.64. The molecular formula is C12H15N3O. The Morgan fingerprint density at radius 1 is 1.50 bits per heavy atom. The lowest BCUT2D eigenvalue weighted by molar-refractivity contribution is 0.414. The number of hydrogen-bond donors (Lipinski definition) is 2. The molecule has 2 rings (SSSR count). The quantitative estimate of drug-likeness (QED) is 0.818. The summed E-state index contributed by atoms with van der Waals surface area (Å²) in [4.78, 5) is 7.16. The molecule has 0 radical (unpaired) electrons. The predicted octanol–water partition coefficient (Wildman–Crippen LogP) is 1.66. The molecular weight excluding hydrogens is 202 g/mol. The van der Waals surface area contributed by atoms with Gasteiger partial charge in [0.15, 0.2) is 0 Å². The first-order valence-corrected chi connectivity index (χ1v) is 5.17. The van der Waals surface area contributed by atoms with Gasteiger partial charge in [0.2, 0.25) is 0 Å². The first kappa shape index (κ1) is 10.7. The van der Waals surface area contributed by atoms with Crippen LogP contribution in [0.2, 0.25) is 0 Å². The number of methoxy groups -OCH3 is 1. The molecule has 0 aliphatic heterocycles. The van der Waals surface area contributed by atoms with Crippen LogP contribution in [-0.4, -0.2) is 17.1 Å². The zero-order valence-corrected chi connectivity index (χ0v) is 9.18. The van der Waals surface area contributed by atoms with E-state index in [9.17, 15) is 0 Å². The number of H-pyrrole nitrogens is 1. The molecule has 0 fully saturated rings. The fourth-order valence-corrected chi connectivity index (χ4v) is 1.63. The molecule has 3 N–H and O–H groups in total. The fourth-order valence-electron chi connectivity index (χ4n) is 1.63. The highest BCUT2D eigenvalue weighted by molar-refractivity contribution is 5.29. The standard InChI is InChI=1S/C12H15N3O/c1-16-10-4-2-3-9(7-10)8-11(13)12-14-5-6-15-12/h2-7,11H,8,13H2,1H3,(H,14,15). The third kappa shape index (κ3) is 2.41. The van der Waals surface area contributed by atoms with Crippen LogP contribution >= 0.6 is 0 Å². The molecule has 0 saturated carbocycles. The minimum absolute atomic E-state index is 0.109. The normalized spacial score (nSPS) is 12.4. The Hall–Kier alpha value is -1.81. The maximum atomic E-state index is 6.03. The molecule has 2 aromatic rings. The third-order valence-corrected chi connectivity index (χ3v) is 2.46. The van der Waals surface area contributed by atoms with Crippen LogP contribution in [0.15, 0.2) is 36.7 Å². The van der Waals surface area contributed by atoms with E-state index in [0.717, 1.165) is 23.6 Å². The van der Waals surface area contributed by atoms with Crippen molar-refractivity contribution in [2.24, 2.45) is 5.73 Å². The zero-order chi connectivity index (χ0) is 11.4. The summed E-state index contributed by atoms with van der Waals surface area (Å²) < 4.78 is 5.16. The molecule has 1 heterocycles. The van der Waals surface area contributed by atoms with Gasteiger partial charge < -0.3 is 15.5 Å². The average molecular weight is 217 g/mol. The maximum Gasteiger partial charge on any atom is 0.123 e. The smallest absolute Gasteiger partial charge is 0.123 e. The minimum atomic E-state index is -0.109. The van der Waals surface area contributed by atoms with Crippen LogP contribution in [-0.2, 0) is 6.42 Å². The predicted molar refractivity (Wildman–Crippen MR) is 62.2 cm³/mol. The summed E-state index contributed by atoms with van der Waals surface area (Å²) in [7, 11) is 1.66. The molecule has 1 unspecified atom stereocenters. The number of rotatable bonds is 4. The number of benzene rings is 1. The molecule has 0 bridgehead atoms. The van der Waals surface area contributed by atoms with Crippen molar-refractivity contribution in [1.82, 2.24) is 9.97 Å². The number of nitrogens with two attached hydrogens (primary N) is 1. The van der Waals surface area contributed by atoms with Crippen molar-refractivity contribution in [3.63, 3.8) is 0 Å². The highest BCUT2D eigenvalue weighted by Crippen LogP contribution is 2.17. The maximum absolute atomic E-state index is 6.03. The first-order valence-electron chi connectivity index (χ1n) is 5.17. The van der Waals surface area contributed by atoms with Crippen LogP contribution in [0, 0.1) is 0 Å². The average Bonchev–Trinajstić information content (AvgIpc) is 2.83.